The molecule has 2 aromatic rings. The summed E-state index contributed by atoms with van der Waals surface area (Å²) in [7, 11) is 1.53. The molecule has 0 spiro atoms. The van der Waals surface area contributed by atoms with Crippen molar-refractivity contribution in [2.24, 2.45) is 0 Å². The van der Waals surface area contributed by atoms with Crippen LogP contribution in [0.3, 0.4) is 0 Å². The molecule has 1 aromatic carbocycles. The molecule has 124 valence electrons. The van der Waals surface area contributed by atoms with Gasteiger partial charge in [-0.1, -0.05) is 18.2 Å². The number of para-hydroxylation sites is 1. The van der Waals surface area contributed by atoms with E-state index < -0.39 is 17.9 Å². The minimum atomic E-state index is -1.08. The molecule has 7 nitrogen and oxygen atoms in total. The summed E-state index contributed by atoms with van der Waals surface area (Å²) in [4.78, 5) is 26.2. The van der Waals surface area contributed by atoms with Gasteiger partial charge in [0.2, 0.25) is 5.91 Å². The number of benzene rings is 1. The van der Waals surface area contributed by atoms with Crippen LogP contribution in [0.1, 0.15) is 5.56 Å². The number of aliphatic carboxylic acids is 1. The molecule has 0 saturated carbocycles. The second-order valence-electron chi connectivity index (χ2n) is 5.07. The highest BCUT2D eigenvalue weighted by Crippen LogP contribution is 2.19. The van der Waals surface area contributed by atoms with Crippen molar-refractivity contribution in [3.63, 3.8) is 0 Å². The number of carboxylic acid groups (broad SMARTS) is 1. The third kappa shape index (κ3) is 4.80. The van der Waals surface area contributed by atoms with Gasteiger partial charge >= 0.3 is 5.97 Å². The number of carbonyl (C=O) groups is 2. The van der Waals surface area contributed by atoms with E-state index in [-0.39, 0.29) is 19.6 Å². The van der Waals surface area contributed by atoms with Crippen LogP contribution < -0.4 is 5.32 Å². The van der Waals surface area contributed by atoms with Gasteiger partial charge < -0.3 is 24.9 Å². The zero-order valence-electron chi connectivity index (χ0n) is 12.9. The maximum Gasteiger partial charge on any atom is 0.326 e. The molecule has 0 bridgehead atoms. The van der Waals surface area contributed by atoms with Gasteiger partial charge in [-0.15, -0.1) is 0 Å². The van der Waals surface area contributed by atoms with Crippen LogP contribution in [0.5, 0.6) is 0 Å². The van der Waals surface area contributed by atoms with Crippen LogP contribution in [0.4, 0.5) is 0 Å². The molecule has 1 atom stereocenters. The van der Waals surface area contributed by atoms with Gasteiger partial charge in [0, 0.05) is 30.6 Å². The summed E-state index contributed by atoms with van der Waals surface area (Å²) in [5.74, 6) is -1.55. The van der Waals surface area contributed by atoms with Crippen LogP contribution >= 0.6 is 0 Å². The van der Waals surface area contributed by atoms with Crippen LogP contribution in [-0.2, 0) is 25.5 Å². The number of rotatable bonds is 9. The van der Waals surface area contributed by atoms with E-state index in [1.54, 1.807) is 6.20 Å². The first-order valence-corrected chi connectivity index (χ1v) is 7.25. The molecule has 0 aliphatic carbocycles. The average molecular weight is 320 g/mol. The normalized spacial score (nSPS) is 12.2. The van der Waals surface area contributed by atoms with Crippen LogP contribution in [0.2, 0.25) is 0 Å². The number of carbonyl (C=O) groups excluding carboxylic acids is 1. The fourth-order valence-corrected chi connectivity index (χ4v) is 2.26. The van der Waals surface area contributed by atoms with Crippen molar-refractivity contribution >= 4 is 22.8 Å². The average Bonchev–Trinajstić information content (AvgIpc) is 2.94. The Labute approximate surface area is 133 Å². The van der Waals surface area contributed by atoms with Gasteiger partial charge in [0.15, 0.2) is 0 Å². The van der Waals surface area contributed by atoms with Crippen LogP contribution in [0.25, 0.3) is 10.9 Å². The fraction of sp³-hybridized carbons (Fsp3) is 0.375. The Morgan fingerprint density at radius 1 is 1.30 bits per heavy atom. The number of H-pyrrole nitrogens is 1. The molecular formula is C16H20N2O5. The second-order valence-corrected chi connectivity index (χ2v) is 5.07. The largest absolute Gasteiger partial charge is 0.480 e. The van der Waals surface area contributed by atoms with Crippen molar-refractivity contribution in [3.05, 3.63) is 36.0 Å². The maximum absolute atomic E-state index is 11.8. The lowest BCUT2D eigenvalue weighted by molar-refractivity contribution is -0.142. The van der Waals surface area contributed by atoms with Gasteiger partial charge in [-0.25, -0.2) is 4.79 Å². The molecule has 0 saturated heterocycles. The van der Waals surface area contributed by atoms with Crippen molar-refractivity contribution in [2.45, 2.75) is 12.5 Å². The van der Waals surface area contributed by atoms with Crippen molar-refractivity contribution in [1.29, 1.82) is 0 Å². The van der Waals surface area contributed by atoms with Gasteiger partial charge in [0.1, 0.15) is 12.6 Å². The number of nitrogens with one attached hydrogen (secondary N) is 2. The number of methoxy groups -OCH3 is 1. The Balaban J connectivity index is 1.96. The Hall–Kier alpha value is -2.38. The molecule has 0 fully saturated rings. The van der Waals surface area contributed by atoms with E-state index in [0.29, 0.717) is 6.61 Å². The highest BCUT2D eigenvalue weighted by molar-refractivity contribution is 5.87. The number of amides is 1. The predicted octanol–water partition coefficient (Wildman–Crippen LogP) is 0.943. The van der Waals surface area contributed by atoms with Gasteiger partial charge in [-0.3, -0.25) is 4.79 Å². The fourth-order valence-electron chi connectivity index (χ4n) is 2.26. The lowest BCUT2D eigenvalue weighted by atomic mass is 10.1. The van der Waals surface area contributed by atoms with Gasteiger partial charge in [-0.05, 0) is 11.6 Å². The Morgan fingerprint density at radius 2 is 2.09 bits per heavy atom. The molecular weight excluding hydrogens is 300 g/mol. The van der Waals surface area contributed by atoms with E-state index in [4.69, 9.17) is 9.47 Å². The number of aromatic nitrogens is 1. The van der Waals surface area contributed by atoms with Crippen molar-refractivity contribution in [2.75, 3.05) is 26.9 Å². The van der Waals surface area contributed by atoms with Crippen LogP contribution in [-0.4, -0.2) is 54.9 Å². The quantitative estimate of drug-likeness (QED) is 0.597. The Morgan fingerprint density at radius 3 is 2.83 bits per heavy atom. The summed E-state index contributed by atoms with van der Waals surface area (Å²) < 4.78 is 9.89. The van der Waals surface area contributed by atoms with Gasteiger partial charge in [0.25, 0.3) is 0 Å². The third-order valence-electron chi connectivity index (χ3n) is 3.40. The molecule has 0 unspecified atom stereocenters. The van der Waals surface area contributed by atoms with Crippen molar-refractivity contribution < 1.29 is 24.2 Å². The SMILES string of the molecule is COCCOCC(=O)N[C@H](Cc1c[nH]c2ccccc12)C(=O)O. The first-order valence-electron chi connectivity index (χ1n) is 7.25. The summed E-state index contributed by atoms with van der Waals surface area (Å²) in [5, 5.41) is 12.7. The van der Waals surface area contributed by atoms with E-state index in [1.807, 2.05) is 24.3 Å². The first kappa shape index (κ1) is 17.0. The van der Waals surface area contributed by atoms with E-state index in [1.165, 1.54) is 7.11 Å². The van der Waals surface area contributed by atoms with Gasteiger partial charge in [-0.2, -0.15) is 0 Å². The highest BCUT2D eigenvalue weighted by Gasteiger charge is 2.21. The standard InChI is InChI=1S/C16H20N2O5/c1-22-6-7-23-10-15(19)18-14(16(20)21)8-11-9-17-13-5-3-2-4-12(11)13/h2-5,9,14,17H,6-8,10H2,1H3,(H,18,19)(H,20,21)/t14-/m1/s1. The summed E-state index contributed by atoms with van der Waals surface area (Å²) in [6.07, 6.45) is 1.96. The summed E-state index contributed by atoms with van der Waals surface area (Å²) in [5.41, 5.74) is 1.77. The number of fused-ring (bicyclic) bond motifs is 1. The smallest absolute Gasteiger partial charge is 0.326 e. The van der Waals surface area contributed by atoms with E-state index in [9.17, 15) is 14.7 Å². The third-order valence-corrected chi connectivity index (χ3v) is 3.40. The second kappa shape index (κ2) is 8.30. The minimum absolute atomic E-state index is 0.193. The molecule has 0 radical (unpaired) electrons. The zero-order valence-corrected chi connectivity index (χ0v) is 12.9. The lowest BCUT2D eigenvalue weighted by Crippen LogP contribution is -2.44. The highest BCUT2D eigenvalue weighted by atomic mass is 16.5. The topological polar surface area (TPSA) is 101 Å². The van der Waals surface area contributed by atoms with Crippen molar-refractivity contribution in [3.8, 4) is 0 Å². The van der Waals surface area contributed by atoms with E-state index >= 15 is 0 Å². The molecule has 1 amide bonds. The number of ether oxygens (including phenoxy) is 2. The molecule has 3 N–H and O–H groups in total. The minimum Gasteiger partial charge on any atom is -0.480 e. The van der Waals surface area contributed by atoms with E-state index in [0.717, 1.165) is 16.5 Å². The molecule has 0 aliphatic heterocycles. The molecule has 1 heterocycles. The molecule has 0 aliphatic rings. The van der Waals surface area contributed by atoms with Gasteiger partial charge in [0.05, 0.1) is 13.2 Å². The summed E-state index contributed by atoms with van der Waals surface area (Å²) >= 11 is 0. The predicted molar refractivity (Wildman–Crippen MR) is 84.3 cm³/mol. The Kier molecular flexibility index (Phi) is 6.13. The Bertz CT molecular complexity index is 667. The van der Waals surface area contributed by atoms with E-state index in [2.05, 4.69) is 10.3 Å². The maximum atomic E-state index is 11.8. The molecule has 23 heavy (non-hydrogen) atoms. The van der Waals surface area contributed by atoms with Crippen molar-refractivity contribution in [1.82, 2.24) is 10.3 Å². The molecule has 2 rings (SSSR count). The first-order chi connectivity index (χ1) is 11.1. The number of carboxylic acids is 1. The lowest BCUT2D eigenvalue weighted by Gasteiger charge is -2.14. The molecule has 7 heteroatoms. The van der Waals surface area contributed by atoms with Crippen LogP contribution in [0, 0.1) is 0 Å². The zero-order chi connectivity index (χ0) is 16.7. The number of hydrogen-bond donors (Lipinski definition) is 3. The monoisotopic (exact) mass is 320 g/mol. The van der Waals surface area contributed by atoms with Crippen LogP contribution in [0.15, 0.2) is 30.5 Å². The molecule has 1 aromatic heterocycles. The number of aromatic amines is 1. The number of hydrogen-bond acceptors (Lipinski definition) is 4. The summed E-state index contributed by atoms with van der Waals surface area (Å²) in [6, 6.07) is 6.61. The summed E-state index contributed by atoms with van der Waals surface area (Å²) in [6.45, 7) is 0.468.